The van der Waals surface area contributed by atoms with Gasteiger partial charge in [0, 0.05) is 19.4 Å². The van der Waals surface area contributed by atoms with Crippen molar-refractivity contribution < 1.29 is 14.3 Å². The third-order valence-corrected chi connectivity index (χ3v) is 5.09. The van der Waals surface area contributed by atoms with Crippen molar-refractivity contribution in [1.29, 1.82) is 0 Å². The zero-order valence-electron chi connectivity index (χ0n) is 16.6. The molecule has 1 saturated heterocycles. The Balaban J connectivity index is 1.83. The molecule has 0 bridgehead atoms. The minimum absolute atomic E-state index is 0.0435. The van der Waals surface area contributed by atoms with Gasteiger partial charge in [0.15, 0.2) is 5.60 Å². The van der Waals surface area contributed by atoms with Gasteiger partial charge in [0.05, 0.1) is 13.2 Å². The van der Waals surface area contributed by atoms with Crippen molar-refractivity contribution in [3.05, 3.63) is 60.2 Å². The van der Waals surface area contributed by atoms with E-state index in [0.717, 1.165) is 16.7 Å². The smallest absolute Gasteiger partial charge is 0.251 e. The fourth-order valence-corrected chi connectivity index (χ4v) is 3.64. The maximum atomic E-state index is 12.5. The first-order valence-corrected chi connectivity index (χ1v) is 9.75. The number of rotatable bonds is 6. The molecule has 1 fully saturated rings. The summed E-state index contributed by atoms with van der Waals surface area (Å²) in [4.78, 5) is 26.6. The van der Waals surface area contributed by atoms with E-state index >= 15 is 0 Å². The SMILES string of the molecule is CC(C)CC(=O)N1CCOC(Cc2cccc(-c3ccccc3)c2)(C(N)=O)C1. The molecular weight excluding hydrogens is 352 g/mol. The standard InChI is InChI=1S/C23H28N2O3/c1-17(2)13-21(26)25-11-12-28-23(16-25,22(24)27)15-18-7-6-10-20(14-18)19-8-4-3-5-9-19/h3-10,14,17H,11-13,15-16H2,1-2H3,(H2,24,27). The molecule has 2 amide bonds. The molecule has 1 aliphatic heterocycles. The summed E-state index contributed by atoms with van der Waals surface area (Å²) >= 11 is 0. The van der Waals surface area contributed by atoms with E-state index in [1.165, 1.54) is 0 Å². The van der Waals surface area contributed by atoms with E-state index in [1.54, 1.807) is 4.90 Å². The second-order valence-electron chi connectivity index (χ2n) is 7.86. The highest BCUT2D eigenvalue weighted by atomic mass is 16.5. The van der Waals surface area contributed by atoms with Gasteiger partial charge in [-0.25, -0.2) is 0 Å². The van der Waals surface area contributed by atoms with Crippen LogP contribution in [-0.4, -0.2) is 42.0 Å². The second kappa shape index (κ2) is 8.57. The van der Waals surface area contributed by atoms with E-state index in [1.807, 2.05) is 62.4 Å². The lowest BCUT2D eigenvalue weighted by atomic mass is 9.90. The van der Waals surface area contributed by atoms with Crippen LogP contribution in [0, 0.1) is 5.92 Å². The summed E-state index contributed by atoms with van der Waals surface area (Å²) in [6.45, 7) is 5.02. The van der Waals surface area contributed by atoms with Crippen LogP contribution in [0.25, 0.3) is 11.1 Å². The Hall–Kier alpha value is -2.66. The zero-order chi connectivity index (χ0) is 20.1. The lowest BCUT2D eigenvalue weighted by molar-refractivity contribution is -0.163. The second-order valence-corrected chi connectivity index (χ2v) is 7.86. The molecule has 0 radical (unpaired) electrons. The number of hydrogen-bond donors (Lipinski definition) is 1. The van der Waals surface area contributed by atoms with Crippen LogP contribution in [0.3, 0.4) is 0 Å². The molecule has 2 aromatic rings. The predicted octanol–water partition coefficient (Wildman–Crippen LogP) is 3.03. The van der Waals surface area contributed by atoms with Gasteiger partial charge in [-0.15, -0.1) is 0 Å². The summed E-state index contributed by atoms with van der Waals surface area (Å²) in [6, 6.07) is 18.1. The molecule has 5 nitrogen and oxygen atoms in total. The minimum atomic E-state index is -1.19. The number of amides is 2. The first-order chi connectivity index (χ1) is 13.4. The normalized spacial score (nSPS) is 19.6. The van der Waals surface area contributed by atoms with Crippen LogP contribution in [0.4, 0.5) is 0 Å². The molecule has 1 unspecified atom stereocenters. The van der Waals surface area contributed by atoms with E-state index in [9.17, 15) is 9.59 Å². The van der Waals surface area contributed by atoms with Crippen LogP contribution in [0.15, 0.2) is 54.6 Å². The molecule has 0 aromatic heterocycles. The lowest BCUT2D eigenvalue weighted by Crippen LogP contribution is -2.61. The monoisotopic (exact) mass is 380 g/mol. The maximum Gasteiger partial charge on any atom is 0.251 e. The third kappa shape index (κ3) is 4.60. The largest absolute Gasteiger partial charge is 0.367 e. The molecule has 0 aliphatic carbocycles. The number of hydrogen-bond acceptors (Lipinski definition) is 3. The fraction of sp³-hybridized carbons (Fsp3) is 0.391. The summed E-state index contributed by atoms with van der Waals surface area (Å²) < 4.78 is 5.89. The molecule has 0 spiro atoms. The number of carbonyl (C=O) groups excluding carboxylic acids is 2. The Kier molecular flexibility index (Phi) is 6.15. The molecule has 148 valence electrons. The van der Waals surface area contributed by atoms with Crippen molar-refractivity contribution in [2.75, 3.05) is 19.7 Å². The van der Waals surface area contributed by atoms with Crippen LogP contribution in [0.2, 0.25) is 0 Å². The Morgan fingerprint density at radius 1 is 1.11 bits per heavy atom. The number of morpholine rings is 1. The molecule has 2 aromatic carbocycles. The van der Waals surface area contributed by atoms with Crippen LogP contribution >= 0.6 is 0 Å². The van der Waals surface area contributed by atoms with Gasteiger partial charge in [0.2, 0.25) is 5.91 Å². The van der Waals surface area contributed by atoms with Gasteiger partial charge in [-0.2, -0.15) is 0 Å². The Labute approximate surface area is 166 Å². The van der Waals surface area contributed by atoms with E-state index in [0.29, 0.717) is 26.0 Å². The predicted molar refractivity (Wildman–Crippen MR) is 109 cm³/mol. The van der Waals surface area contributed by atoms with Gasteiger partial charge in [0.1, 0.15) is 0 Å². The van der Waals surface area contributed by atoms with Crippen LogP contribution < -0.4 is 5.73 Å². The van der Waals surface area contributed by atoms with Gasteiger partial charge in [-0.3, -0.25) is 9.59 Å². The average molecular weight is 380 g/mol. The van der Waals surface area contributed by atoms with Crippen molar-refractivity contribution in [3.8, 4) is 11.1 Å². The van der Waals surface area contributed by atoms with Crippen molar-refractivity contribution in [3.63, 3.8) is 0 Å². The summed E-state index contributed by atoms with van der Waals surface area (Å²) in [7, 11) is 0. The Morgan fingerprint density at radius 3 is 2.50 bits per heavy atom. The van der Waals surface area contributed by atoms with Gasteiger partial charge >= 0.3 is 0 Å². The average Bonchev–Trinajstić information content (AvgIpc) is 2.68. The molecule has 1 heterocycles. The quantitative estimate of drug-likeness (QED) is 0.837. The topological polar surface area (TPSA) is 72.6 Å². The van der Waals surface area contributed by atoms with Gasteiger partial charge in [-0.05, 0) is 22.6 Å². The highest BCUT2D eigenvalue weighted by Gasteiger charge is 2.43. The van der Waals surface area contributed by atoms with Crippen LogP contribution in [0.5, 0.6) is 0 Å². The van der Waals surface area contributed by atoms with Crippen molar-refractivity contribution in [2.24, 2.45) is 11.7 Å². The number of carbonyl (C=O) groups is 2. The van der Waals surface area contributed by atoms with E-state index in [4.69, 9.17) is 10.5 Å². The van der Waals surface area contributed by atoms with Crippen LogP contribution in [-0.2, 0) is 20.7 Å². The number of ether oxygens (including phenoxy) is 1. The number of nitrogens with zero attached hydrogens (tertiary/aromatic N) is 1. The minimum Gasteiger partial charge on any atom is -0.367 e. The highest BCUT2D eigenvalue weighted by Crippen LogP contribution is 2.27. The molecule has 0 saturated carbocycles. The first-order valence-electron chi connectivity index (χ1n) is 9.75. The Bertz CT molecular complexity index is 835. The maximum absolute atomic E-state index is 12.5. The summed E-state index contributed by atoms with van der Waals surface area (Å²) in [5.41, 5.74) is 7.70. The van der Waals surface area contributed by atoms with Crippen molar-refractivity contribution in [2.45, 2.75) is 32.3 Å². The van der Waals surface area contributed by atoms with E-state index < -0.39 is 11.5 Å². The summed E-state index contributed by atoms with van der Waals surface area (Å²) in [6.07, 6.45) is 0.798. The number of nitrogens with two attached hydrogens (primary N) is 1. The summed E-state index contributed by atoms with van der Waals surface area (Å²) in [5, 5.41) is 0. The molecule has 1 atom stereocenters. The number of primary amides is 1. The lowest BCUT2D eigenvalue weighted by Gasteiger charge is -2.41. The molecule has 1 aliphatic rings. The number of benzene rings is 2. The fourth-order valence-electron chi connectivity index (χ4n) is 3.64. The molecular formula is C23H28N2O3. The van der Waals surface area contributed by atoms with Crippen molar-refractivity contribution >= 4 is 11.8 Å². The van der Waals surface area contributed by atoms with E-state index in [2.05, 4.69) is 6.07 Å². The molecule has 28 heavy (non-hydrogen) atoms. The van der Waals surface area contributed by atoms with Crippen molar-refractivity contribution in [1.82, 2.24) is 4.90 Å². The molecule has 3 rings (SSSR count). The van der Waals surface area contributed by atoms with Gasteiger partial charge < -0.3 is 15.4 Å². The Morgan fingerprint density at radius 2 is 1.82 bits per heavy atom. The molecule has 2 N–H and O–H groups in total. The molecule has 5 heteroatoms. The summed E-state index contributed by atoms with van der Waals surface area (Å²) in [5.74, 6) is -0.220. The van der Waals surface area contributed by atoms with Crippen LogP contribution in [0.1, 0.15) is 25.8 Å². The van der Waals surface area contributed by atoms with E-state index in [-0.39, 0.29) is 18.4 Å². The zero-order valence-corrected chi connectivity index (χ0v) is 16.6. The highest BCUT2D eigenvalue weighted by molar-refractivity contribution is 5.86. The van der Waals surface area contributed by atoms with Gasteiger partial charge in [0.25, 0.3) is 5.91 Å². The van der Waals surface area contributed by atoms with Gasteiger partial charge in [-0.1, -0.05) is 68.4 Å². The third-order valence-electron chi connectivity index (χ3n) is 5.09. The first kappa shape index (κ1) is 20.1.